The summed E-state index contributed by atoms with van der Waals surface area (Å²) in [5.41, 5.74) is 2.90. The molecule has 3 aromatic carbocycles. The van der Waals surface area contributed by atoms with Crippen molar-refractivity contribution in [3.05, 3.63) is 95.6 Å². The molecule has 0 N–H and O–H groups in total. The van der Waals surface area contributed by atoms with E-state index in [1.54, 1.807) is 24.3 Å². The lowest BCUT2D eigenvalue weighted by molar-refractivity contribution is -0.137. The first-order chi connectivity index (χ1) is 15.7. The third-order valence-corrected chi connectivity index (χ3v) is 4.74. The van der Waals surface area contributed by atoms with Crippen LogP contribution in [0.15, 0.2) is 84.0 Å². The zero-order chi connectivity index (χ0) is 22.6. The van der Waals surface area contributed by atoms with Gasteiger partial charge in [0.2, 0.25) is 0 Å². The first kappa shape index (κ1) is 22.9. The van der Waals surface area contributed by atoms with Crippen LogP contribution in [-0.2, 0) is 22.7 Å². The Morgan fingerprint density at radius 3 is 2.09 bits per heavy atom. The van der Waals surface area contributed by atoms with Crippen molar-refractivity contribution in [2.75, 3.05) is 20.3 Å². The molecule has 0 fully saturated rings. The van der Waals surface area contributed by atoms with Crippen LogP contribution in [0.1, 0.15) is 23.6 Å². The van der Waals surface area contributed by atoms with E-state index in [-0.39, 0.29) is 12.5 Å². The Balaban J connectivity index is 1.61. The summed E-state index contributed by atoms with van der Waals surface area (Å²) in [5.74, 6) is 1.14. The molecule has 166 valence electrons. The van der Waals surface area contributed by atoms with E-state index in [1.165, 1.54) is 0 Å². The van der Waals surface area contributed by atoms with E-state index in [4.69, 9.17) is 14.3 Å². The highest BCUT2D eigenvalue weighted by Crippen LogP contribution is 2.27. The Kier molecular flexibility index (Phi) is 8.69. The maximum atomic E-state index is 12.9. The first-order valence-corrected chi connectivity index (χ1v) is 10.5. The smallest absolute Gasteiger partial charge is 0.263 e. The van der Waals surface area contributed by atoms with E-state index in [1.807, 2.05) is 79.7 Å². The highest BCUT2D eigenvalue weighted by Gasteiger charge is 2.15. The molecule has 0 radical (unpaired) electrons. The fourth-order valence-electron chi connectivity index (χ4n) is 3.16. The third kappa shape index (κ3) is 6.87. The van der Waals surface area contributed by atoms with E-state index in [2.05, 4.69) is 5.16 Å². The highest BCUT2D eigenvalue weighted by atomic mass is 16.6. The fourth-order valence-corrected chi connectivity index (χ4v) is 3.16. The number of ether oxygens (including phenoxy) is 2. The van der Waals surface area contributed by atoms with Crippen LogP contribution in [0.4, 0.5) is 0 Å². The normalized spacial score (nSPS) is 10.7. The number of oxime groups is 1. The lowest BCUT2D eigenvalue weighted by atomic mass is 10.1. The van der Waals surface area contributed by atoms with Crippen LogP contribution in [0.2, 0.25) is 0 Å². The number of hydrogen-bond acceptors (Lipinski definition) is 5. The maximum Gasteiger partial charge on any atom is 0.263 e. The SMILES string of the molecule is CCOc1ccc(/C=N/OCC(=O)N(Cc2ccccc2)Cc2ccccc2)cc1OC. The van der Waals surface area contributed by atoms with Crippen LogP contribution < -0.4 is 9.47 Å². The summed E-state index contributed by atoms with van der Waals surface area (Å²) in [4.78, 5) is 19.9. The molecule has 1 amide bonds. The predicted octanol–water partition coefficient (Wildman–Crippen LogP) is 4.67. The molecule has 0 saturated carbocycles. The number of hydrogen-bond donors (Lipinski definition) is 0. The molecule has 32 heavy (non-hydrogen) atoms. The topological polar surface area (TPSA) is 60.4 Å². The molecule has 0 saturated heterocycles. The molecule has 0 spiro atoms. The molecule has 0 aliphatic rings. The number of methoxy groups -OCH3 is 1. The van der Waals surface area contributed by atoms with Crippen LogP contribution in [0.25, 0.3) is 0 Å². The summed E-state index contributed by atoms with van der Waals surface area (Å²) >= 11 is 0. The number of carbonyl (C=O) groups excluding carboxylic acids is 1. The van der Waals surface area contributed by atoms with Crippen LogP contribution in [-0.4, -0.2) is 37.3 Å². The molecule has 0 bridgehead atoms. The number of rotatable bonds is 11. The predicted molar refractivity (Wildman–Crippen MR) is 125 cm³/mol. The lowest BCUT2D eigenvalue weighted by Gasteiger charge is -2.22. The average Bonchev–Trinajstić information content (AvgIpc) is 2.83. The van der Waals surface area contributed by atoms with E-state index >= 15 is 0 Å². The van der Waals surface area contributed by atoms with Gasteiger partial charge in [-0.2, -0.15) is 0 Å². The molecule has 6 heteroatoms. The Labute approximate surface area is 189 Å². The second-order valence-corrected chi connectivity index (χ2v) is 7.07. The highest BCUT2D eigenvalue weighted by molar-refractivity contribution is 5.81. The minimum Gasteiger partial charge on any atom is -0.493 e. The number of amides is 1. The molecule has 0 unspecified atom stereocenters. The Hall–Kier alpha value is -3.80. The zero-order valence-corrected chi connectivity index (χ0v) is 18.4. The molecule has 0 heterocycles. The van der Waals surface area contributed by atoms with Crippen molar-refractivity contribution in [2.24, 2.45) is 5.16 Å². The van der Waals surface area contributed by atoms with Crippen LogP contribution >= 0.6 is 0 Å². The second kappa shape index (κ2) is 12.2. The number of carbonyl (C=O) groups is 1. The Morgan fingerprint density at radius 2 is 1.53 bits per heavy atom. The average molecular weight is 433 g/mol. The largest absolute Gasteiger partial charge is 0.493 e. The van der Waals surface area contributed by atoms with E-state index in [9.17, 15) is 4.79 Å². The summed E-state index contributed by atoms with van der Waals surface area (Å²) in [6, 6.07) is 25.3. The molecule has 0 aliphatic heterocycles. The van der Waals surface area contributed by atoms with Crippen LogP contribution in [0.3, 0.4) is 0 Å². The van der Waals surface area contributed by atoms with Crippen molar-refractivity contribution in [1.82, 2.24) is 4.90 Å². The molecule has 3 aromatic rings. The van der Waals surface area contributed by atoms with Crippen molar-refractivity contribution in [2.45, 2.75) is 20.0 Å². The van der Waals surface area contributed by atoms with Crippen molar-refractivity contribution in [3.8, 4) is 11.5 Å². The van der Waals surface area contributed by atoms with Gasteiger partial charge in [-0.1, -0.05) is 65.8 Å². The quantitative estimate of drug-likeness (QED) is 0.326. The van der Waals surface area contributed by atoms with Crippen molar-refractivity contribution in [1.29, 1.82) is 0 Å². The van der Waals surface area contributed by atoms with Gasteiger partial charge in [0.15, 0.2) is 18.1 Å². The van der Waals surface area contributed by atoms with Crippen molar-refractivity contribution >= 4 is 12.1 Å². The minimum absolute atomic E-state index is 0.140. The van der Waals surface area contributed by atoms with Gasteiger partial charge in [-0.3, -0.25) is 4.79 Å². The second-order valence-electron chi connectivity index (χ2n) is 7.07. The van der Waals surface area contributed by atoms with Gasteiger partial charge < -0.3 is 19.2 Å². The number of nitrogens with zero attached hydrogens (tertiary/aromatic N) is 2. The lowest BCUT2D eigenvalue weighted by Crippen LogP contribution is -2.32. The van der Waals surface area contributed by atoms with Crippen LogP contribution in [0.5, 0.6) is 11.5 Å². The van der Waals surface area contributed by atoms with E-state index in [0.717, 1.165) is 16.7 Å². The van der Waals surface area contributed by atoms with E-state index < -0.39 is 0 Å². The van der Waals surface area contributed by atoms with Crippen LogP contribution in [0, 0.1) is 0 Å². The summed E-state index contributed by atoms with van der Waals surface area (Å²) in [5, 5.41) is 3.96. The summed E-state index contributed by atoms with van der Waals surface area (Å²) < 4.78 is 10.9. The van der Waals surface area contributed by atoms with Gasteiger partial charge in [0.1, 0.15) is 0 Å². The minimum atomic E-state index is -0.148. The molecule has 6 nitrogen and oxygen atoms in total. The zero-order valence-electron chi connectivity index (χ0n) is 18.4. The molecule has 0 aromatic heterocycles. The molecular weight excluding hydrogens is 404 g/mol. The third-order valence-electron chi connectivity index (χ3n) is 4.74. The summed E-state index contributed by atoms with van der Waals surface area (Å²) in [7, 11) is 1.59. The van der Waals surface area contributed by atoms with Gasteiger partial charge in [0.05, 0.1) is 19.9 Å². The Bertz CT molecular complexity index is 965. The Morgan fingerprint density at radius 1 is 0.906 bits per heavy atom. The maximum absolute atomic E-state index is 12.9. The summed E-state index contributed by atoms with van der Waals surface area (Å²) in [6.07, 6.45) is 1.55. The van der Waals surface area contributed by atoms with Gasteiger partial charge in [-0.15, -0.1) is 0 Å². The molecule has 0 aliphatic carbocycles. The van der Waals surface area contributed by atoms with Crippen molar-refractivity contribution < 1.29 is 19.1 Å². The molecule has 3 rings (SSSR count). The molecule has 0 atom stereocenters. The first-order valence-electron chi connectivity index (χ1n) is 10.5. The van der Waals surface area contributed by atoms with Gasteiger partial charge in [-0.25, -0.2) is 0 Å². The van der Waals surface area contributed by atoms with Crippen molar-refractivity contribution in [3.63, 3.8) is 0 Å². The standard InChI is InChI=1S/C26H28N2O4/c1-3-31-24-15-14-23(16-25(24)30-2)17-27-32-20-26(29)28(18-21-10-6-4-7-11-21)19-22-12-8-5-9-13-22/h4-17H,3,18-20H2,1-2H3/b27-17+. The number of benzene rings is 3. The van der Waals surface area contributed by atoms with Gasteiger partial charge in [0.25, 0.3) is 5.91 Å². The monoisotopic (exact) mass is 432 g/mol. The van der Waals surface area contributed by atoms with Gasteiger partial charge in [-0.05, 0) is 36.2 Å². The summed E-state index contributed by atoms with van der Waals surface area (Å²) in [6.45, 7) is 3.32. The fraction of sp³-hybridized carbons (Fsp3) is 0.231. The van der Waals surface area contributed by atoms with E-state index in [0.29, 0.717) is 31.2 Å². The van der Waals surface area contributed by atoms with Gasteiger partial charge in [0, 0.05) is 18.7 Å². The molecular formula is C26H28N2O4. The van der Waals surface area contributed by atoms with Gasteiger partial charge >= 0.3 is 0 Å².